The molecule has 6 nitrogen and oxygen atoms in total. The van der Waals surface area contributed by atoms with E-state index in [-0.39, 0.29) is 0 Å². The van der Waals surface area contributed by atoms with Gasteiger partial charge in [-0.1, -0.05) is 42.0 Å². The van der Waals surface area contributed by atoms with Crippen LogP contribution in [0.25, 0.3) is 50.3 Å². The minimum atomic E-state index is 0.712. The summed E-state index contributed by atoms with van der Waals surface area (Å²) in [5, 5.41) is 0. The standard InChI is InChI=1S/C29H26N6/c1-18-7-9-19(10-8-18)27-23(30)12-14-26-28(27)33-29(20-5-4-6-21(15-20)34(2)3)35(26)22-11-13-24-25(16-22)32-17-31-24/h4-17H,30H2,1-3H3,(H,31,32). The van der Waals surface area contributed by atoms with E-state index in [4.69, 9.17) is 10.7 Å². The number of hydrogen-bond donors (Lipinski definition) is 2. The van der Waals surface area contributed by atoms with E-state index in [2.05, 4.69) is 93.1 Å². The SMILES string of the molecule is Cc1ccc(-c2c(N)ccc3c2nc(-c2cccc(N(C)C)c2)n3-c2ccc3nc[nH]c3c2)cc1. The zero-order valence-electron chi connectivity index (χ0n) is 19.9. The van der Waals surface area contributed by atoms with E-state index in [1.807, 2.05) is 26.2 Å². The van der Waals surface area contributed by atoms with Gasteiger partial charge in [-0.3, -0.25) is 4.57 Å². The molecule has 6 rings (SSSR count). The van der Waals surface area contributed by atoms with E-state index in [9.17, 15) is 0 Å². The van der Waals surface area contributed by atoms with Gasteiger partial charge in [-0.05, 0) is 55.0 Å². The molecule has 0 fully saturated rings. The Bertz CT molecular complexity index is 1690. The maximum absolute atomic E-state index is 6.55. The fourth-order valence-corrected chi connectivity index (χ4v) is 4.62. The number of nitrogens with two attached hydrogens (primary N) is 1. The largest absolute Gasteiger partial charge is 0.398 e. The lowest BCUT2D eigenvalue weighted by Gasteiger charge is -2.15. The van der Waals surface area contributed by atoms with Gasteiger partial charge in [-0.25, -0.2) is 9.97 Å². The van der Waals surface area contributed by atoms with E-state index in [1.54, 1.807) is 6.33 Å². The lowest BCUT2D eigenvalue weighted by Crippen LogP contribution is -2.08. The number of aromatic amines is 1. The van der Waals surface area contributed by atoms with Crippen molar-refractivity contribution >= 4 is 33.4 Å². The molecule has 0 bridgehead atoms. The predicted molar refractivity (Wildman–Crippen MR) is 145 cm³/mol. The molecule has 0 aliphatic heterocycles. The van der Waals surface area contributed by atoms with Crippen LogP contribution in [0, 0.1) is 6.92 Å². The molecule has 35 heavy (non-hydrogen) atoms. The average molecular weight is 459 g/mol. The van der Waals surface area contributed by atoms with Crippen molar-refractivity contribution in [2.45, 2.75) is 6.92 Å². The highest BCUT2D eigenvalue weighted by molar-refractivity contribution is 6.01. The molecule has 0 saturated heterocycles. The molecule has 2 aromatic heterocycles. The number of nitrogen functional groups attached to an aromatic ring is 1. The quantitative estimate of drug-likeness (QED) is 0.309. The Morgan fingerprint density at radius 2 is 1.71 bits per heavy atom. The highest BCUT2D eigenvalue weighted by Gasteiger charge is 2.20. The summed E-state index contributed by atoms with van der Waals surface area (Å²) < 4.78 is 2.21. The predicted octanol–water partition coefficient (Wildman–Crippen LogP) is 6.19. The number of imidazole rings is 2. The van der Waals surface area contributed by atoms with Crippen LogP contribution in [0.2, 0.25) is 0 Å². The Kier molecular flexibility index (Phi) is 4.81. The van der Waals surface area contributed by atoms with E-state index in [0.717, 1.165) is 56.0 Å². The van der Waals surface area contributed by atoms with Crippen LogP contribution in [0.5, 0.6) is 0 Å². The first-order valence-corrected chi connectivity index (χ1v) is 11.6. The topological polar surface area (TPSA) is 75.8 Å². The van der Waals surface area contributed by atoms with Crippen LogP contribution < -0.4 is 10.6 Å². The van der Waals surface area contributed by atoms with Crippen LogP contribution in [0.15, 0.2) is 85.2 Å². The number of aryl methyl sites for hydroxylation is 1. The van der Waals surface area contributed by atoms with Gasteiger partial charge in [-0.15, -0.1) is 0 Å². The van der Waals surface area contributed by atoms with Gasteiger partial charge in [0.1, 0.15) is 5.82 Å². The maximum Gasteiger partial charge on any atom is 0.145 e. The smallest absolute Gasteiger partial charge is 0.145 e. The lowest BCUT2D eigenvalue weighted by atomic mass is 10.0. The minimum Gasteiger partial charge on any atom is -0.398 e. The summed E-state index contributed by atoms with van der Waals surface area (Å²) in [6.45, 7) is 2.09. The average Bonchev–Trinajstić information content (AvgIpc) is 3.49. The lowest BCUT2D eigenvalue weighted by molar-refractivity contribution is 1.10. The number of fused-ring (bicyclic) bond motifs is 2. The Morgan fingerprint density at radius 1 is 0.886 bits per heavy atom. The van der Waals surface area contributed by atoms with Crippen molar-refractivity contribution in [1.29, 1.82) is 0 Å². The first-order valence-electron chi connectivity index (χ1n) is 11.6. The second-order valence-corrected chi connectivity index (χ2v) is 9.08. The number of H-pyrrole nitrogens is 1. The Morgan fingerprint density at radius 3 is 2.51 bits per heavy atom. The van der Waals surface area contributed by atoms with E-state index in [0.29, 0.717) is 5.69 Å². The molecule has 0 spiro atoms. The van der Waals surface area contributed by atoms with Crippen molar-refractivity contribution in [3.8, 4) is 28.2 Å². The number of nitrogens with zero attached hydrogens (tertiary/aromatic N) is 4. The highest BCUT2D eigenvalue weighted by atomic mass is 15.1. The Hall–Kier alpha value is -4.58. The van der Waals surface area contributed by atoms with Crippen molar-refractivity contribution in [3.63, 3.8) is 0 Å². The van der Waals surface area contributed by atoms with Gasteiger partial charge in [-0.2, -0.15) is 0 Å². The van der Waals surface area contributed by atoms with Crippen LogP contribution in [0.1, 0.15) is 5.56 Å². The number of rotatable bonds is 4. The third kappa shape index (κ3) is 3.51. The number of benzene rings is 4. The van der Waals surface area contributed by atoms with Crippen LogP contribution in [-0.2, 0) is 0 Å². The van der Waals surface area contributed by atoms with Crippen LogP contribution in [-0.4, -0.2) is 33.6 Å². The van der Waals surface area contributed by atoms with Gasteiger partial charge in [0.2, 0.25) is 0 Å². The van der Waals surface area contributed by atoms with E-state index >= 15 is 0 Å². The molecule has 0 radical (unpaired) electrons. The molecule has 0 aliphatic rings. The van der Waals surface area contributed by atoms with Crippen LogP contribution in [0.4, 0.5) is 11.4 Å². The molecule has 0 unspecified atom stereocenters. The molecular formula is C29H26N6. The normalized spacial score (nSPS) is 11.4. The minimum absolute atomic E-state index is 0.712. The van der Waals surface area contributed by atoms with Crippen molar-refractivity contribution in [3.05, 3.63) is 90.8 Å². The Balaban J connectivity index is 1.69. The molecule has 0 saturated carbocycles. The van der Waals surface area contributed by atoms with Gasteiger partial charge >= 0.3 is 0 Å². The maximum atomic E-state index is 6.55. The molecule has 0 atom stereocenters. The fraction of sp³-hybridized carbons (Fsp3) is 0.103. The van der Waals surface area contributed by atoms with Crippen LogP contribution >= 0.6 is 0 Å². The monoisotopic (exact) mass is 458 g/mol. The van der Waals surface area contributed by atoms with Crippen molar-refractivity contribution < 1.29 is 0 Å². The first kappa shape index (κ1) is 21.0. The van der Waals surface area contributed by atoms with Crippen molar-refractivity contribution in [2.24, 2.45) is 0 Å². The number of hydrogen-bond acceptors (Lipinski definition) is 4. The second kappa shape index (κ2) is 8.02. The summed E-state index contributed by atoms with van der Waals surface area (Å²) in [5.74, 6) is 0.863. The van der Waals surface area contributed by atoms with E-state index < -0.39 is 0 Å². The van der Waals surface area contributed by atoms with Crippen molar-refractivity contribution in [1.82, 2.24) is 19.5 Å². The molecule has 3 N–H and O–H groups in total. The van der Waals surface area contributed by atoms with Gasteiger partial charge in [0, 0.05) is 42.3 Å². The van der Waals surface area contributed by atoms with Gasteiger partial charge in [0.15, 0.2) is 0 Å². The summed E-state index contributed by atoms with van der Waals surface area (Å²) in [4.78, 5) is 14.9. The first-order chi connectivity index (χ1) is 17.0. The molecule has 6 aromatic rings. The number of nitrogens with one attached hydrogen (secondary N) is 1. The summed E-state index contributed by atoms with van der Waals surface area (Å²) in [6.07, 6.45) is 1.72. The molecule has 172 valence electrons. The third-order valence-corrected chi connectivity index (χ3v) is 6.48. The zero-order chi connectivity index (χ0) is 24.1. The van der Waals surface area contributed by atoms with Crippen LogP contribution in [0.3, 0.4) is 0 Å². The zero-order valence-corrected chi connectivity index (χ0v) is 19.9. The Labute approximate surface area is 203 Å². The fourth-order valence-electron chi connectivity index (χ4n) is 4.62. The molecule has 0 amide bonds. The highest BCUT2D eigenvalue weighted by Crippen LogP contribution is 2.38. The second-order valence-electron chi connectivity index (χ2n) is 9.08. The summed E-state index contributed by atoms with van der Waals surface area (Å²) in [7, 11) is 4.09. The van der Waals surface area contributed by atoms with E-state index in [1.165, 1.54) is 5.56 Å². The molecule has 0 aliphatic carbocycles. The molecule has 2 heterocycles. The van der Waals surface area contributed by atoms with Gasteiger partial charge in [0.05, 0.1) is 28.4 Å². The van der Waals surface area contributed by atoms with Crippen molar-refractivity contribution in [2.75, 3.05) is 24.7 Å². The number of anilines is 2. The van der Waals surface area contributed by atoms with Gasteiger partial charge < -0.3 is 15.6 Å². The summed E-state index contributed by atoms with van der Waals surface area (Å²) in [6, 6.07) is 27.2. The summed E-state index contributed by atoms with van der Waals surface area (Å²) >= 11 is 0. The van der Waals surface area contributed by atoms with Gasteiger partial charge in [0.25, 0.3) is 0 Å². The molecule has 6 heteroatoms. The number of aromatic nitrogens is 4. The third-order valence-electron chi connectivity index (χ3n) is 6.48. The molecule has 4 aromatic carbocycles. The summed E-state index contributed by atoms with van der Waals surface area (Å²) in [5.41, 5.74) is 17.4. The molecular weight excluding hydrogens is 432 g/mol.